The molecule has 0 aliphatic carbocycles. The molecule has 2 aromatic carbocycles. The molecule has 0 aliphatic rings. The van der Waals surface area contributed by atoms with Gasteiger partial charge in [0.2, 0.25) is 10.9 Å². The summed E-state index contributed by atoms with van der Waals surface area (Å²) in [5, 5.41) is -0.735. The van der Waals surface area contributed by atoms with E-state index in [-0.39, 0.29) is 28.4 Å². The largest absolute Gasteiger partial charge is 0.355 e. The number of hydrogen-bond acceptors (Lipinski definition) is 4. The van der Waals surface area contributed by atoms with Crippen LogP contribution in [-0.4, -0.2) is 14.5 Å². The van der Waals surface area contributed by atoms with E-state index in [4.69, 9.17) is 0 Å². The summed E-state index contributed by atoms with van der Waals surface area (Å²) >= 11 is 3.33. The highest BCUT2D eigenvalue weighted by Gasteiger charge is 2.22. The van der Waals surface area contributed by atoms with E-state index >= 15 is 0 Å². The van der Waals surface area contributed by atoms with Crippen LogP contribution < -0.4 is 22.0 Å². The minimum Gasteiger partial charge on any atom is -0.355 e. The molecule has 0 amide bonds. The van der Waals surface area contributed by atoms with Gasteiger partial charge in [-0.1, -0.05) is 28.1 Å². The molecule has 2 aromatic heterocycles. The molecular formula is C17H10BrN3O4. The predicted octanol–water partition coefficient (Wildman–Crippen LogP) is 1.14. The Bertz CT molecular complexity index is 1290. The number of fused-ring (bicyclic) bond motifs is 2. The highest BCUT2D eigenvalue weighted by Crippen LogP contribution is 2.12. The standard InChI is InChI=1S/C17H10BrN3O4/c18-9-3-1-2-8(6-9)7-21-16(24)10-11(17(21)25)15(23)13-12(14(10)22)19-4-5-20-13/h1-6,19-20H,7H2. The Morgan fingerprint density at radius 2 is 1.44 bits per heavy atom. The van der Waals surface area contributed by atoms with Crippen LogP contribution in [0.4, 0.5) is 0 Å². The summed E-state index contributed by atoms with van der Waals surface area (Å²) in [6, 6.07) is 7.10. The molecule has 0 spiro atoms. The van der Waals surface area contributed by atoms with Gasteiger partial charge < -0.3 is 9.97 Å². The molecule has 0 saturated heterocycles. The number of nitrogens with one attached hydrogen (secondary N) is 2. The highest BCUT2D eigenvalue weighted by atomic mass is 79.9. The number of aromatic amines is 2. The van der Waals surface area contributed by atoms with Gasteiger partial charge in [-0.15, -0.1) is 0 Å². The predicted molar refractivity (Wildman–Crippen MR) is 97.7 cm³/mol. The number of H-pyrrole nitrogens is 2. The van der Waals surface area contributed by atoms with Gasteiger partial charge in [0.1, 0.15) is 21.8 Å². The maximum atomic E-state index is 12.6. The summed E-state index contributed by atoms with van der Waals surface area (Å²) in [7, 11) is 0. The Hall–Kier alpha value is -3.00. The third-order valence-corrected chi connectivity index (χ3v) is 4.59. The highest BCUT2D eigenvalue weighted by molar-refractivity contribution is 9.10. The van der Waals surface area contributed by atoms with Crippen molar-refractivity contribution in [2.24, 2.45) is 0 Å². The second-order valence-corrected chi connectivity index (χ2v) is 6.52. The van der Waals surface area contributed by atoms with Crippen molar-refractivity contribution in [2.45, 2.75) is 6.54 Å². The van der Waals surface area contributed by atoms with Gasteiger partial charge in [0, 0.05) is 16.9 Å². The molecule has 0 atom stereocenters. The van der Waals surface area contributed by atoms with Crippen molar-refractivity contribution in [3.8, 4) is 0 Å². The van der Waals surface area contributed by atoms with Crippen molar-refractivity contribution in [2.75, 3.05) is 0 Å². The molecule has 0 fully saturated rings. The van der Waals surface area contributed by atoms with Gasteiger partial charge in [-0.3, -0.25) is 23.7 Å². The van der Waals surface area contributed by atoms with Gasteiger partial charge >= 0.3 is 0 Å². The van der Waals surface area contributed by atoms with Crippen LogP contribution in [0.3, 0.4) is 0 Å². The Labute approximate surface area is 147 Å². The number of rotatable bonds is 2. The Morgan fingerprint density at radius 3 is 1.96 bits per heavy atom. The molecule has 0 bridgehead atoms. The van der Waals surface area contributed by atoms with Gasteiger partial charge in [0.15, 0.2) is 0 Å². The quantitative estimate of drug-likeness (QED) is 0.527. The third kappa shape index (κ3) is 2.25. The van der Waals surface area contributed by atoms with E-state index in [1.54, 1.807) is 18.2 Å². The Morgan fingerprint density at radius 1 is 0.880 bits per heavy atom. The molecule has 7 nitrogen and oxygen atoms in total. The van der Waals surface area contributed by atoms with Gasteiger partial charge in [0.25, 0.3) is 11.1 Å². The molecule has 8 heteroatoms. The fraction of sp³-hybridized carbons (Fsp3) is 0.0588. The van der Waals surface area contributed by atoms with E-state index in [1.807, 2.05) is 6.07 Å². The van der Waals surface area contributed by atoms with E-state index in [1.165, 1.54) is 12.4 Å². The van der Waals surface area contributed by atoms with E-state index in [9.17, 15) is 19.2 Å². The normalized spacial score (nSPS) is 11.4. The van der Waals surface area contributed by atoms with Crippen molar-refractivity contribution in [1.29, 1.82) is 0 Å². The summed E-state index contributed by atoms with van der Waals surface area (Å²) in [4.78, 5) is 55.8. The lowest BCUT2D eigenvalue weighted by atomic mass is 10.1. The minimum absolute atomic E-state index is 0.0169. The fourth-order valence-corrected chi connectivity index (χ4v) is 3.41. The molecule has 0 saturated carbocycles. The molecule has 0 aliphatic heterocycles. The first-order valence-electron chi connectivity index (χ1n) is 7.35. The molecular weight excluding hydrogens is 390 g/mol. The maximum Gasteiger partial charge on any atom is 0.266 e. The molecule has 4 rings (SSSR count). The number of halogens is 1. The van der Waals surface area contributed by atoms with E-state index in [2.05, 4.69) is 25.9 Å². The van der Waals surface area contributed by atoms with Gasteiger partial charge in [-0.25, -0.2) is 0 Å². The monoisotopic (exact) mass is 399 g/mol. The maximum absolute atomic E-state index is 12.6. The zero-order chi connectivity index (χ0) is 17.7. The Kier molecular flexibility index (Phi) is 3.43. The van der Waals surface area contributed by atoms with E-state index < -0.39 is 22.0 Å². The van der Waals surface area contributed by atoms with Crippen molar-refractivity contribution in [3.63, 3.8) is 0 Å². The van der Waals surface area contributed by atoms with Crippen molar-refractivity contribution in [3.05, 3.63) is 87.8 Å². The average molecular weight is 400 g/mol. The number of hydrogen-bond donors (Lipinski definition) is 2. The fourth-order valence-electron chi connectivity index (χ4n) is 2.96. The van der Waals surface area contributed by atoms with Crippen LogP contribution in [0.15, 0.2) is 60.3 Å². The molecule has 0 unspecified atom stereocenters. The van der Waals surface area contributed by atoms with Crippen LogP contribution in [0.2, 0.25) is 0 Å². The van der Waals surface area contributed by atoms with Crippen LogP contribution in [-0.2, 0) is 6.54 Å². The molecule has 0 radical (unpaired) electrons. The molecule has 124 valence electrons. The first-order valence-corrected chi connectivity index (χ1v) is 8.15. The lowest BCUT2D eigenvalue weighted by Gasteiger charge is -2.01. The van der Waals surface area contributed by atoms with Crippen LogP contribution >= 0.6 is 15.9 Å². The smallest absolute Gasteiger partial charge is 0.266 e. The zero-order valence-electron chi connectivity index (χ0n) is 12.6. The summed E-state index contributed by atoms with van der Waals surface area (Å²) in [6.07, 6.45) is 2.88. The average Bonchev–Trinajstić information content (AvgIpc) is 2.85. The van der Waals surface area contributed by atoms with Crippen molar-refractivity contribution < 1.29 is 0 Å². The Balaban J connectivity index is 2.10. The summed E-state index contributed by atoms with van der Waals surface area (Å²) in [5.41, 5.74) is -2.14. The molecule has 2 heterocycles. The third-order valence-electron chi connectivity index (χ3n) is 4.09. The topological polar surface area (TPSA) is 105 Å². The molecule has 2 N–H and O–H groups in total. The van der Waals surface area contributed by atoms with Gasteiger partial charge in [0.05, 0.1) is 6.54 Å². The number of aromatic nitrogens is 3. The summed E-state index contributed by atoms with van der Waals surface area (Å²) in [6.45, 7) is -0.0194. The first kappa shape index (κ1) is 15.5. The SMILES string of the molecule is O=c1c2[nH]cc[nH]c2c(=O)c2c(=O)n(Cc3cccc(Br)c3)c(=O)c12. The minimum atomic E-state index is -0.749. The van der Waals surface area contributed by atoms with E-state index in [0.29, 0.717) is 5.56 Å². The van der Waals surface area contributed by atoms with Crippen molar-refractivity contribution in [1.82, 2.24) is 14.5 Å². The first-order chi connectivity index (χ1) is 12.0. The second kappa shape index (κ2) is 5.52. The molecule has 4 aromatic rings. The van der Waals surface area contributed by atoms with Crippen molar-refractivity contribution >= 4 is 37.7 Å². The molecule has 25 heavy (non-hydrogen) atoms. The van der Waals surface area contributed by atoms with Crippen LogP contribution in [0, 0.1) is 0 Å². The van der Waals surface area contributed by atoms with Gasteiger partial charge in [-0.05, 0) is 17.7 Å². The lowest BCUT2D eigenvalue weighted by molar-refractivity contribution is 0.754. The van der Waals surface area contributed by atoms with Gasteiger partial charge in [-0.2, -0.15) is 0 Å². The van der Waals surface area contributed by atoms with E-state index in [0.717, 1.165) is 9.04 Å². The van der Waals surface area contributed by atoms with Crippen LogP contribution in [0.25, 0.3) is 21.8 Å². The number of nitrogens with zero attached hydrogens (tertiary/aromatic N) is 1. The summed E-state index contributed by atoms with van der Waals surface area (Å²) in [5.74, 6) is 0. The second-order valence-electron chi connectivity index (χ2n) is 5.61. The summed E-state index contributed by atoms with van der Waals surface area (Å²) < 4.78 is 1.72. The number of benzene rings is 2. The zero-order valence-corrected chi connectivity index (χ0v) is 14.2. The van der Waals surface area contributed by atoms with Crippen LogP contribution in [0.1, 0.15) is 5.56 Å². The lowest BCUT2D eigenvalue weighted by Crippen LogP contribution is -2.27. The van der Waals surface area contributed by atoms with Crippen LogP contribution in [0.5, 0.6) is 0 Å².